The van der Waals surface area contributed by atoms with E-state index in [4.69, 9.17) is 21.6 Å². The Labute approximate surface area is 180 Å². The van der Waals surface area contributed by atoms with Gasteiger partial charge < -0.3 is 15.1 Å². The lowest BCUT2D eigenvalue weighted by atomic mass is 10.1. The van der Waals surface area contributed by atoms with Gasteiger partial charge in [-0.1, -0.05) is 11.6 Å². The first-order valence-electron chi connectivity index (χ1n) is 10.3. The second kappa shape index (κ2) is 7.72. The molecule has 2 aromatic heterocycles. The third-order valence-corrected chi connectivity index (χ3v) is 5.89. The summed E-state index contributed by atoms with van der Waals surface area (Å²) in [6, 6.07) is 7.78. The molecule has 1 N–H and O–H groups in total. The van der Waals surface area contributed by atoms with Gasteiger partial charge in [0.25, 0.3) is 5.91 Å². The molecule has 0 spiro atoms. The molecule has 0 radical (unpaired) electrons. The molecule has 3 aromatic rings. The summed E-state index contributed by atoms with van der Waals surface area (Å²) in [6.45, 7) is 4.60. The largest absolute Gasteiger partial charge is 0.364 e. The molecule has 1 aliphatic heterocycles. The highest BCUT2D eigenvalue weighted by Gasteiger charge is 2.28. The average Bonchev–Trinajstić information content (AvgIpc) is 3.57. The molecule has 154 valence electrons. The van der Waals surface area contributed by atoms with Crippen molar-refractivity contribution < 1.29 is 4.79 Å². The van der Waals surface area contributed by atoms with Crippen molar-refractivity contribution in [3.05, 3.63) is 52.8 Å². The fourth-order valence-corrected chi connectivity index (χ4v) is 4.02. The number of benzene rings is 1. The Morgan fingerprint density at radius 3 is 2.63 bits per heavy atom. The molecule has 0 bridgehead atoms. The number of piperazine rings is 1. The van der Waals surface area contributed by atoms with Crippen LogP contribution in [0.15, 0.2) is 36.7 Å². The molecule has 1 aromatic carbocycles. The zero-order chi connectivity index (χ0) is 20.7. The fourth-order valence-electron chi connectivity index (χ4n) is 3.79. The van der Waals surface area contributed by atoms with E-state index in [9.17, 15) is 4.79 Å². The molecule has 1 saturated heterocycles. The van der Waals surface area contributed by atoms with Crippen LogP contribution in [0.2, 0.25) is 5.02 Å². The summed E-state index contributed by atoms with van der Waals surface area (Å²) in [4.78, 5) is 30.9. The molecule has 1 amide bonds. The second-order valence-electron chi connectivity index (χ2n) is 7.92. The Bertz CT molecular complexity index is 1110. The number of anilines is 2. The van der Waals surface area contributed by atoms with Gasteiger partial charge in [0.15, 0.2) is 11.6 Å². The van der Waals surface area contributed by atoms with E-state index >= 15 is 0 Å². The maximum absolute atomic E-state index is 13.0. The second-order valence-corrected chi connectivity index (χ2v) is 8.35. The van der Waals surface area contributed by atoms with Gasteiger partial charge in [-0.15, -0.1) is 0 Å². The molecule has 8 heteroatoms. The zero-order valence-electron chi connectivity index (χ0n) is 16.8. The van der Waals surface area contributed by atoms with E-state index < -0.39 is 0 Å². The Morgan fingerprint density at radius 1 is 1.10 bits per heavy atom. The number of nitrogens with zero attached hydrogens (tertiary/aromatic N) is 5. The smallest absolute Gasteiger partial charge is 0.254 e. The van der Waals surface area contributed by atoms with Crippen molar-refractivity contribution in [1.29, 1.82) is 0 Å². The Balaban J connectivity index is 1.36. The lowest BCUT2D eigenvalue weighted by molar-refractivity contribution is 0.0746. The maximum Gasteiger partial charge on any atom is 0.254 e. The lowest BCUT2D eigenvalue weighted by Crippen LogP contribution is -2.49. The quantitative estimate of drug-likeness (QED) is 0.693. The third-order valence-electron chi connectivity index (χ3n) is 5.65. The summed E-state index contributed by atoms with van der Waals surface area (Å²) < 4.78 is 0. The van der Waals surface area contributed by atoms with Gasteiger partial charge in [-0.25, -0.2) is 9.97 Å². The predicted molar refractivity (Wildman–Crippen MR) is 118 cm³/mol. The number of aromatic nitrogens is 3. The number of aryl methyl sites for hydroxylation is 1. The Morgan fingerprint density at radius 2 is 1.90 bits per heavy atom. The van der Waals surface area contributed by atoms with Crippen molar-refractivity contribution in [3.8, 4) is 0 Å². The van der Waals surface area contributed by atoms with E-state index in [-0.39, 0.29) is 5.91 Å². The molecule has 1 saturated carbocycles. The zero-order valence-corrected chi connectivity index (χ0v) is 17.6. The molecule has 7 nitrogen and oxygen atoms in total. The summed E-state index contributed by atoms with van der Waals surface area (Å²) in [6.07, 6.45) is 5.81. The van der Waals surface area contributed by atoms with Crippen molar-refractivity contribution in [2.24, 2.45) is 0 Å². The highest BCUT2D eigenvalue weighted by atomic mass is 35.5. The van der Waals surface area contributed by atoms with E-state index in [1.165, 1.54) is 0 Å². The summed E-state index contributed by atoms with van der Waals surface area (Å²) in [5.74, 6) is 1.72. The molecule has 30 heavy (non-hydrogen) atoms. The van der Waals surface area contributed by atoms with Crippen LogP contribution in [0.5, 0.6) is 0 Å². The van der Waals surface area contributed by atoms with Gasteiger partial charge in [-0.05, 0) is 49.6 Å². The number of rotatable bonds is 4. The minimum Gasteiger partial charge on any atom is -0.364 e. The lowest BCUT2D eigenvalue weighted by Gasteiger charge is -2.36. The van der Waals surface area contributed by atoms with E-state index in [0.717, 1.165) is 41.1 Å². The van der Waals surface area contributed by atoms with Crippen LogP contribution in [0.3, 0.4) is 0 Å². The van der Waals surface area contributed by atoms with Crippen LogP contribution in [-0.4, -0.2) is 58.0 Å². The highest BCUT2D eigenvalue weighted by Crippen LogP contribution is 2.31. The molecule has 5 rings (SSSR count). The van der Waals surface area contributed by atoms with E-state index in [2.05, 4.69) is 15.2 Å². The van der Waals surface area contributed by atoms with Crippen LogP contribution >= 0.6 is 11.6 Å². The van der Waals surface area contributed by atoms with Crippen molar-refractivity contribution in [3.63, 3.8) is 0 Å². The molecular weight excluding hydrogens is 400 g/mol. The molecule has 1 aliphatic carbocycles. The van der Waals surface area contributed by atoms with Gasteiger partial charge in [-0.3, -0.25) is 9.78 Å². The topological polar surface area (TPSA) is 74.2 Å². The van der Waals surface area contributed by atoms with Gasteiger partial charge in [0.2, 0.25) is 0 Å². The van der Waals surface area contributed by atoms with Crippen LogP contribution in [0.1, 0.15) is 28.8 Å². The molecule has 2 aliphatic rings. The van der Waals surface area contributed by atoms with Crippen molar-refractivity contribution >= 4 is 40.2 Å². The van der Waals surface area contributed by atoms with Gasteiger partial charge >= 0.3 is 0 Å². The molecule has 2 fully saturated rings. The Kier molecular flexibility index (Phi) is 4.90. The minimum atomic E-state index is 0.0499. The van der Waals surface area contributed by atoms with E-state index in [1.54, 1.807) is 18.5 Å². The number of halogens is 1. The maximum atomic E-state index is 13.0. The predicted octanol–water partition coefficient (Wildman–Crippen LogP) is 3.52. The molecule has 0 unspecified atom stereocenters. The summed E-state index contributed by atoms with van der Waals surface area (Å²) >= 11 is 6.04. The van der Waals surface area contributed by atoms with Crippen molar-refractivity contribution in [1.82, 2.24) is 19.9 Å². The molecule has 3 heterocycles. The first kappa shape index (κ1) is 19.1. The monoisotopic (exact) mass is 422 g/mol. The SMILES string of the molecule is Cc1cc(Cl)ccc1C(=O)N1CCN(c2nc3cnccc3nc2NC2CC2)CC1. The van der Waals surface area contributed by atoms with Gasteiger partial charge in [0.1, 0.15) is 5.52 Å². The van der Waals surface area contributed by atoms with Gasteiger partial charge in [0, 0.05) is 49.0 Å². The molecule has 0 atom stereocenters. The average molecular weight is 423 g/mol. The number of pyridine rings is 1. The normalized spacial score (nSPS) is 16.7. The number of carbonyl (C=O) groups is 1. The van der Waals surface area contributed by atoms with Crippen molar-refractivity contribution in [2.75, 3.05) is 36.4 Å². The number of carbonyl (C=O) groups excluding carboxylic acids is 1. The molecular formula is C22H23ClN6O. The summed E-state index contributed by atoms with van der Waals surface area (Å²) in [5, 5.41) is 4.16. The van der Waals surface area contributed by atoms with E-state index in [0.29, 0.717) is 42.8 Å². The van der Waals surface area contributed by atoms with Crippen molar-refractivity contribution in [2.45, 2.75) is 25.8 Å². The van der Waals surface area contributed by atoms with Crippen LogP contribution in [0.4, 0.5) is 11.6 Å². The number of fused-ring (bicyclic) bond motifs is 1. The first-order chi connectivity index (χ1) is 14.6. The van der Waals surface area contributed by atoms with Crippen LogP contribution in [0, 0.1) is 6.92 Å². The number of nitrogens with one attached hydrogen (secondary N) is 1. The van der Waals surface area contributed by atoms with E-state index in [1.807, 2.05) is 30.0 Å². The summed E-state index contributed by atoms with van der Waals surface area (Å²) in [7, 11) is 0. The first-order valence-corrected chi connectivity index (χ1v) is 10.6. The summed E-state index contributed by atoms with van der Waals surface area (Å²) in [5.41, 5.74) is 3.23. The number of hydrogen-bond donors (Lipinski definition) is 1. The number of hydrogen-bond acceptors (Lipinski definition) is 6. The minimum absolute atomic E-state index is 0.0499. The van der Waals surface area contributed by atoms with Crippen LogP contribution in [0.25, 0.3) is 11.0 Å². The highest BCUT2D eigenvalue weighted by molar-refractivity contribution is 6.30. The van der Waals surface area contributed by atoms with Crippen LogP contribution < -0.4 is 10.2 Å². The van der Waals surface area contributed by atoms with Gasteiger partial charge in [-0.2, -0.15) is 0 Å². The Hall–Kier alpha value is -2.93. The number of amides is 1. The third kappa shape index (κ3) is 3.77. The van der Waals surface area contributed by atoms with Gasteiger partial charge in [0.05, 0.1) is 11.7 Å². The standard InChI is InChI=1S/C22H23ClN6O/c1-14-12-15(23)2-5-17(14)22(30)29-10-8-28(9-11-29)21-20(25-16-3-4-16)26-18-6-7-24-13-19(18)27-21/h2,5-7,12-13,16H,3-4,8-11H2,1H3,(H,25,26). The fraction of sp³-hybridized carbons (Fsp3) is 0.364. The van der Waals surface area contributed by atoms with Crippen LogP contribution in [-0.2, 0) is 0 Å².